The zero-order valence-electron chi connectivity index (χ0n) is 14.2. The molecular formula is C19H16ClFN2O3S. The van der Waals surface area contributed by atoms with Gasteiger partial charge in [0, 0.05) is 4.88 Å². The maximum absolute atomic E-state index is 15.0. The summed E-state index contributed by atoms with van der Waals surface area (Å²) in [6.45, 7) is 0.449. The van der Waals surface area contributed by atoms with Crippen LogP contribution in [0, 0.1) is 24.1 Å². The van der Waals surface area contributed by atoms with Gasteiger partial charge in [-0.2, -0.15) is 0 Å². The summed E-state index contributed by atoms with van der Waals surface area (Å²) in [5, 5.41) is 1.43. The molecule has 1 fully saturated rings. The Kier molecular flexibility index (Phi) is 5.68. The molecule has 1 saturated carbocycles. The molecule has 0 radical (unpaired) electrons. The van der Waals surface area contributed by atoms with Gasteiger partial charge >= 0.3 is 5.91 Å². The molecule has 2 N–H and O–H groups in total. The lowest BCUT2D eigenvalue weighted by molar-refractivity contribution is -0.122. The van der Waals surface area contributed by atoms with Gasteiger partial charge < -0.3 is 10.5 Å². The number of nitrogens with zero attached hydrogens (tertiary/aromatic N) is 1. The van der Waals surface area contributed by atoms with Crippen molar-refractivity contribution in [2.45, 2.75) is 18.9 Å². The summed E-state index contributed by atoms with van der Waals surface area (Å²) in [6.07, 6.45) is 7.38. The predicted octanol–water partition coefficient (Wildman–Crippen LogP) is 3.52. The number of terminal acetylenes is 1. The molecule has 140 valence electrons. The van der Waals surface area contributed by atoms with Crippen molar-refractivity contribution in [2.75, 3.05) is 11.5 Å². The number of thiophene rings is 1. The van der Waals surface area contributed by atoms with Crippen LogP contribution in [0.4, 0.5) is 10.1 Å². The molecule has 5 nitrogen and oxygen atoms in total. The summed E-state index contributed by atoms with van der Waals surface area (Å²) < 4.78 is 20.5. The van der Waals surface area contributed by atoms with Crippen molar-refractivity contribution in [1.29, 1.82) is 0 Å². The molecule has 2 aromatic rings. The number of carbonyl (C=O) groups excluding carboxylic acids is 2. The van der Waals surface area contributed by atoms with Crippen LogP contribution in [-0.4, -0.2) is 18.4 Å². The summed E-state index contributed by atoms with van der Waals surface area (Å²) in [5.41, 5.74) is 5.25. The minimum absolute atomic E-state index is 0.171. The summed E-state index contributed by atoms with van der Waals surface area (Å²) in [7, 11) is 0. The lowest BCUT2D eigenvalue weighted by atomic mass is 10.1. The molecule has 1 aromatic carbocycles. The van der Waals surface area contributed by atoms with Crippen molar-refractivity contribution in [1.82, 2.24) is 0 Å². The molecule has 1 heterocycles. The van der Waals surface area contributed by atoms with Crippen LogP contribution in [0.25, 0.3) is 0 Å². The molecule has 0 bridgehead atoms. The van der Waals surface area contributed by atoms with Gasteiger partial charge in [-0.05, 0) is 48.3 Å². The van der Waals surface area contributed by atoms with Gasteiger partial charge in [-0.1, -0.05) is 17.7 Å². The summed E-state index contributed by atoms with van der Waals surface area (Å²) in [4.78, 5) is 25.7. The zero-order valence-corrected chi connectivity index (χ0v) is 15.7. The molecule has 1 aliphatic rings. The second kappa shape index (κ2) is 7.99. The SMILES string of the molecule is C#CC(=O)N(c1ccc(OCC2CC2)c(Cl)c1F)C(C(N)=O)c1cccs1. The van der Waals surface area contributed by atoms with Crippen LogP contribution >= 0.6 is 22.9 Å². The van der Waals surface area contributed by atoms with Crippen molar-refractivity contribution in [3.8, 4) is 18.1 Å². The third-order valence-electron chi connectivity index (χ3n) is 4.14. The highest BCUT2D eigenvalue weighted by molar-refractivity contribution is 7.10. The van der Waals surface area contributed by atoms with Crippen LogP contribution in [0.1, 0.15) is 23.8 Å². The lowest BCUT2D eigenvalue weighted by Gasteiger charge is -2.28. The van der Waals surface area contributed by atoms with E-state index in [1.165, 1.54) is 23.5 Å². The Hall–Kier alpha value is -2.56. The standard InChI is InChI=1S/C19H16ClFN2O3S/c1-2-15(24)23(18(19(22)25)14-4-3-9-27-14)12-7-8-13(16(20)17(12)21)26-10-11-5-6-11/h1,3-4,7-9,11,18H,5-6,10H2,(H2,22,25). The normalized spacial score (nSPS) is 14.3. The van der Waals surface area contributed by atoms with E-state index in [1.807, 2.05) is 5.92 Å². The van der Waals surface area contributed by atoms with Gasteiger partial charge in [0.15, 0.2) is 11.9 Å². The Labute approximate surface area is 164 Å². The number of halogens is 2. The Morgan fingerprint density at radius 1 is 1.44 bits per heavy atom. The molecule has 0 spiro atoms. The van der Waals surface area contributed by atoms with E-state index >= 15 is 0 Å². The molecule has 27 heavy (non-hydrogen) atoms. The van der Waals surface area contributed by atoms with Gasteiger partial charge in [0.1, 0.15) is 10.8 Å². The Morgan fingerprint density at radius 3 is 2.74 bits per heavy atom. The highest BCUT2D eigenvalue weighted by Gasteiger charge is 2.34. The van der Waals surface area contributed by atoms with E-state index in [-0.39, 0.29) is 16.5 Å². The van der Waals surface area contributed by atoms with E-state index in [0.29, 0.717) is 17.4 Å². The van der Waals surface area contributed by atoms with Crippen molar-refractivity contribution in [3.05, 3.63) is 45.4 Å². The first-order chi connectivity index (χ1) is 12.9. The van der Waals surface area contributed by atoms with E-state index in [9.17, 15) is 14.0 Å². The highest BCUT2D eigenvalue weighted by atomic mass is 35.5. The second-order valence-electron chi connectivity index (χ2n) is 6.10. The number of nitrogens with two attached hydrogens (primary N) is 1. The first kappa shape index (κ1) is 19.2. The van der Waals surface area contributed by atoms with Gasteiger partial charge in [-0.15, -0.1) is 17.8 Å². The number of rotatable bonds is 7. The first-order valence-corrected chi connectivity index (χ1v) is 9.43. The fraction of sp³-hybridized carbons (Fsp3) is 0.263. The summed E-state index contributed by atoms with van der Waals surface area (Å²) in [6, 6.07) is 4.81. The average molecular weight is 407 g/mol. The van der Waals surface area contributed by atoms with Crippen molar-refractivity contribution < 1.29 is 18.7 Å². The number of hydrogen-bond donors (Lipinski definition) is 1. The third-order valence-corrected chi connectivity index (χ3v) is 5.42. The minimum Gasteiger partial charge on any atom is -0.492 e. The van der Waals surface area contributed by atoms with Gasteiger partial charge in [0.2, 0.25) is 5.91 Å². The predicted molar refractivity (Wildman–Crippen MR) is 102 cm³/mol. The van der Waals surface area contributed by atoms with E-state index < -0.39 is 23.7 Å². The fourth-order valence-corrected chi connectivity index (χ4v) is 3.62. The van der Waals surface area contributed by atoms with E-state index in [0.717, 1.165) is 17.7 Å². The van der Waals surface area contributed by atoms with Crippen LogP contribution in [0.3, 0.4) is 0 Å². The van der Waals surface area contributed by atoms with Crippen molar-refractivity contribution in [2.24, 2.45) is 11.7 Å². The Balaban J connectivity index is 2.02. The molecule has 8 heteroatoms. The molecule has 1 aromatic heterocycles. The van der Waals surface area contributed by atoms with E-state index in [1.54, 1.807) is 17.5 Å². The maximum atomic E-state index is 15.0. The molecule has 1 atom stereocenters. The second-order valence-corrected chi connectivity index (χ2v) is 7.46. The molecule has 3 rings (SSSR count). The number of amides is 2. The molecular weight excluding hydrogens is 391 g/mol. The quantitative estimate of drug-likeness (QED) is 0.715. The molecule has 1 unspecified atom stereocenters. The maximum Gasteiger partial charge on any atom is 0.303 e. The van der Waals surface area contributed by atoms with Gasteiger partial charge in [-0.25, -0.2) is 4.39 Å². The number of ether oxygens (including phenoxy) is 1. The fourth-order valence-electron chi connectivity index (χ4n) is 2.59. The Bertz CT molecular complexity index is 906. The molecule has 0 aliphatic heterocycles. The molecule has 2 amide bonds. The summed E-state index contributed by atoms with van der Waals surface area (Å²) in [5.74, 6) is -0.113. The highest BCUT2D eigenvalue weighted by Crippen LogP contribution is 2.39. The van der Waals surface area contributed by atoms with Crippen molar-refractivity contribution >= 4 is 40.4 Å². The van der Waals surface area contributed by atoms with Crippen LogP contribution in [-0.2, 0) is 9.59 Å². The van der Waals surface area contributed by atoms with Crippen molar-refractivity contribution in [3.63, 3.8) is 0 Å². The van der Waals surface area contributed by atoms with Crippen LogP contribution in [0.2, 0.25) is 5.02 Å². The zero-order chi connectivity index (χ0) is 19.6. The van der Waals surface area contributed by atoms with Crippen LogP contribution in [0.15, 0.2) is 29.6 Å². The largest absolute Gasteiger partial charge is 0.492 e. The minimum atomic E-state index is -1.25. The Morgan fingerprint density at radius 2 is 2.19 bits per heavy atom. The van der Waals surface area contributed by atoms with Gasteiger partial charge in [-0.3, -0.25) is 14.5 Å². The third kappa shape index (κ3) is 4.07. The number of carbonyl (C=O) groups is 2. The number of primary amides is 1. The topological polar surface area (TPSA) is 72.6 Å². The number of anilines is 1. The van der Waals surface area contributed by atoms with Crippen LogP contribution in [0.5, 0.6) is 5.75 Å². The molecule has 0 saturated heterocycles. The monoisotopic (exact) mass is 406 g/mol. The molecule has 1 aliphatic carbocycles. The van der Waals surface area contributed by atoms with E-state index in [4.69, 9.17) is 28.5 Å². The summed E-state index contributed by atoms with van der Waals surface area (Å²) >= 11 is 7.30. The van der Waals surface area contributed by atoms with Gasteiger partial charge in [0.25, 0.3) is 0 Å². The van der Waals surface area contributed by atoms with Gasteiger partial charge in [0.05, 0.1) is 12.3 Å². The lowest BCUT2D eigenvalue weighted by Crippen LogP contribution is -2.41. The average Bonchev–Trinajstić information content (AvgIpc) is 3.33. The van der Waals surface area contributed by atoms with Crippen LogP contribution < -0.4 is 15.4 Å². The number of hydrogen-bond acceptors (Lipinski definition) is 4. The number of benzene rings is 1. The first-order valence-electron chi connectivity index (χ1n) is 8.17. The van der Waals surface area contributed by atoms with E-state index in [2.05, 4.69) is 0 Å². The smallest absolute Gasteiger partial charge is 0.303 e.